The predicted octanol–water partition coefficient (Wildman–Crippen LogP) is 5.82. The van der Waals surface area contributed by atoms with Gasteiger partial charge in [0.2, 0.25) is 5.90 Å². The summed E-state index contributed by atoms with van der Waals surface area (Å²) < 4.78 is 17.1. The number of halogens is 2. The van der Waals surface area contributed by atoms with E-state index in [0.29, 0.717) is 27.1 Å². The zero-order valence-corrected chi connectivity index (χ0v) is 21.5. The molecule has 3 aromatic rings. The van der Waals surface area contributed by atoms with Crippen LogP contribution in [0.2, 0.25) is 5.02 Å². The van der Waals surface area contributed by atoms with Crippen LogP contribution in [0.5, 0.6) is 11.5 Å². The van der Waals surface area contributed by atoms with Crippen molar-refractivity contribution in [2.24, 2.45) is 4.99 Å². The molecule has 0 N–H and O–H groups in total. The van der Waals surface area contributed by atoms with Gasteiger partial charge in [0.25, 0.3) is 5.69 Å². The summed E-state index contributed by atoms with van der Waals surface area (Å²) >= 11 is 8.15. The first-order valence-corrected chi connectivity index (χ1v) is 11.9. The Morgan fingerprint density at radius 1 is 1.19 bits per heavy atom. The number of benzene rings is 3. The molecular formula is C25H16ClIN2O7. The van der Waals surface area contributed by atoms with Gasteiger partial charge in [-0.1, -0.05) is 29.8 Å². The van der Waals surface area contributed by atoms with Crippen LogP contribution in [-0.4, -0.2) is 29.4 Å². The van der Waals surface area contributed by atoms with Crippen molar-refractivity contribution in [3.05, 3.63) is 102 Å². The lowest BCUT2D eigenvalue weighted by Gasteiger charge is -2.13. The van der Waals surface area contributed by atoms with Crippen LogP contribution >= 0.6 is 34.2 Å². The molecule has 182 valence electrons. The summed E-state index contributed by atoms with van der Waals surface area (Å²) in [5, 5.41) is 11.2. The topological polar surface area (TPSA) is 117 Å². The van der Waals surface area contributed by atoms with Gasteiger partial charge in [-0.25, -0.2) is 14.6 Å². The minimum absolute atomic E-state index is 0.0418. The van der Waals surface area contributed by atoms with Crippen molar-refractivity contribution in [2.75, 3.05) is 6.61 Å². The molecule has 9 nitrogen and oxygen atoms in total. The molecule has 4 rings (SSSR count). The van der Waals surface area contributed by atoms with Crippen LogP contribution in [0, 0.1) is 13.7 Å². The molecule has 0 saturated heterocycles. The van der Waals surface area contributed by atoms with Gasteiger partial charge in [0.1, 0.15) is 0 Å². The first kappa shape index (κ1) is 25.3. The molecule has 0 atom stereocenters. The maximum atomic E-state index is 12.6. The lowest BCUT2D eigenvalue weighted by molar-refractivity contribution is -0.384. The van der Waals surface area contributed by atoms with Crippen molar-refractivity contribution in [1.29, 1.82) is 0 Å². The molecule has 0 fully saturated rings. The third-order valence-corrected chi connectivity index (χ3v) is 5.98. The second-order valence-electron chi connectivity index (χ2n) is 7.28. The standard InChI is InChI=1S/C25H16ClIN2O7/c1-2-34-21-12-14(10-19(27)22(21)35-24(30)15-6-4-3-5-7-15)11-20-25(31)36-23(28-20)17-13-16(29(32)33)8-9-18(17)26/h3-13H,2H2,1H3/b20-11-. The van der Waals surface area contributed by atoms with E-state index in [-0.39, 0.29) is 33.6 Å². The number of hydrogen-bond acceptors (Lipinski definition) is 8. The van der Waals surface area contributed by atoms with Crippen molar-refractivity contribution in [3.8, 4) is 11.5 Å². The molecular weight excluding hydrogens is 603 g/mol. The number of nitro benzene ring substituents is 1. The summed E-state index contributed by atoms with van der Waals surface area (Å²) in [6, 6.07) is 15.6. The number of cyclic esters (lactones) is 1. The zero-order valence-electron chi connectivity index (χ0n) is 18.6. The van der Waals surface area contributed by atoms with E-state index in [2.05, 4.69) is 4.99 Å². The molecule has 0 amide bonds. The van der Waals surface area contributed by atoms with Crippen molar-refractivity contribution < 1.29 is 28.7 Å². The van der Waals surface area contributed by atoms with E-state index < -0.39 is 16.9 Å². The molecule has 3 aromatic carbocycles. The van der Waals surface area contributed by atoms with Crippen LogP contribution in [-0.2, 0) is 9.53 Å². The molecule has 0 spiro atoms. The Labute approximate surface area is 223 Å². The van der Waals surface area contributed by atoms with Gasteiger partial charge in [0, 0.05) is 12.1 Å². The Kier molecular flexibility index (Phi) is 7.65. The molecule has 0 saturated carbocycles. The summed E-state index contributed by atoms with van der Waals surface area (Å²) in [7, 11) is 0. The Bertz CT molecular complexity index is 1440. The number of ether oxygens (including phenoxy) is 3. The number of non-ortho nitro benzene ring substituents is 1. The molecule has 0 bridgehead atoms. The Balaban J connectivity index is 1.67. The molecule has 1 aliphatic heterocycles. The molecule has 1 aliphatic rings. The average Bonchev–Trinajstić information content (AvgIpc) is 3.21. The Morgan fingerprint density at radius 3 is 2.64 bits per heavy atom. The van der Waals surface area contributed by atoms with E-state index in [9.17, 15) is 19.7 Å². The molecule has 0 aliphatic carbocycles. The Morgan fingerprint density at radius 2 is 1.94 bits per heavy atom. The van der Waals surface area contributed by atoms with Crippen LogP contribution in [0.3, 0.4) is 0 Å². The molecule has 0 aromatic heterocycles. The maximum absolute atomic E-state index is 12.6. The fourth-order valence-corrected chi connectivity index (χ4v) is 4.17. The maximum Gasteiger partial charge on any atom is 0.363 e. The highest BCUT2D eigenvalue weighted by molar-refractivity contribution is 14.1. The quantitative estimate of drug-likeness (QED) is 0.0819. The number of carbonyl (C=O) groups excluding carboxylic acids is 2. The minimum atomic E-state index is -0.750. The van der Waals surface area contributed by atoms with Crippen molar-refractivity contribution in [1.82, 2.24) is 0 Å². The van der Waals surface area contributed by atoms with Gasteiger partial charge in [0.15, 0.2) is 17.2 Å². The van der Waals surface area contributed by atoms with Crippen LogP contribution in [0.25, 0.3) is 6.08 Å². The predicted molar refractivity (Wildman–Crippen MR) is 140 cm³/mol. The van der Waals surface area contributed by atoms with Crippen molar-refractivity contribution >= 4 is 63.8 Å². The first-order chi connectivity index (χ1) is 17.3. The second-order valence-corrected chi connectivity index (χ2v) is 8.85. The fourth-order valence-electron chi connectivity index (χ4n) is 3.23. The number of hydrogen-bond donors (Lipinski definition) is 0. The lowest BCUT2D eigenvalue weighted by atomic mass is 10.1. The number of carbonyl (C=O) groups is 2. The molecule has 36 heavy (non-hydrogen) atoms. The SMILES string of the molecule is CCOc1cc(/C=C2\N=C(c3cc([N+](=O)[O-])ccc3Cl)OC2=O)cc(I)c1OC(=O)c1ccccc1. The van der Waals surface area contributed by atoms with Gasteiger partial charge < -0.3 is 14.2 Å². The van der Waals surface area contributed by atoms with E-state index in [1.807, 2.05) is 22.6 Å². The Hall–Kier alpha value is -3.77. The smallest absolute Gasteiger partial charge is 0.363 e. The zero-order chi connectivity index (χ0) is 25.8. The molecule has 1 heterocycles. The number of aliphatic imine (C=N–C) groups is 1. The molecule has 11 heteroatoms. The van der Waals surface area contributed by atoms with E-state index in [4.69, 9.17) is 25.8 Å². The lowest BCUT2D eigenvalue weighted by Crippen LogP contribution is -2.10. The highest BCUT2D eigenvalue weighted by Crippen LogP contribution is 2.36. The minimum Gasteiger partial charge on any atom is -0.490 e. The van der Waals surface area contributed by atoms with Crippen LogP contribution in [0.15, 0.2) is 71.4 Å². The van der Waals surface area contributed by atoms with Gasteiger partial charge in [0.05, 0.1) is 31.2 Å². The first-order valence-electron chi connectivity index (χ1n) is 10.5. The van der Waals surface area contributed by atoms with Crippen LogP contribution in [0.4, 0.5) is 5.69 Å². The number of nitrogens with zero attached hydrogens (tertiary/aromatic N) is 2. The largest absolute Gasteiger partial charge is 0.490 e. The monoisotopic (exact) mass is 618 g/mol. The summed E-state index contributed by atoms with van der Waals surface area (Å²) in [5.41, 5.74) is 0.777. The van der Waals surface area contributed by atoms with Crippen molar-refractivity contribution in [2.45, 2.75) is 6.92 Å². The highest BCUT2D eigenvalue weighted by Gasteiger charge is 2.27. The summed E-state index contributed by atoms with van der Waals surface area (Å²) in [4.78, 5) is 39.7. The number of nitro groups is 1. The summed E-state index contributed by atoms with van der Waals surface area (Å²) in [6.07, 6.45) is 1.47. The third kappa shape index (κ3) is 5.55. The second kappa shape index (κ2) is 10.9. The van der Waals surface area contributed by atoms with Crippen LogP contribution < -0.4 is 9.47 Å². The molecule has 0 radical (unpaired) electrons. The number of esters is 2. The fraction of sp³-hybridized carbons (Fsp3) is 0.0800. The third-order valence-electron chi connectivity index (χ3n) is 4.85. The van der Waals surface area contributed by atoms with Gasteiger partial charge in [-0.15, -0.1) is 0 Å². The van der Waals surface area contributed by atoms with E-state index >= 15 is 0 Å². The number of rotatable bonds is 7. The van der Waals surface area contributed by atoms with E-state index in [0.717, 1.165) is 0 Å². The van der Waals surface area contributed by atoms with E-state index in [1.54, 1.807) is 49.4 Å². The van der Waals surface area contributed by atoms with Crippen LogP contribution in [0.1, 0.15) is 28.4 Å². The van der Waals surface area contributed by atoms with Gasteiger partial charge in [-0.3, -0.25) is 10.1 Å². The highest BCUT2D eigenvalue weighted by atomic mass is 127. The van der Waals surface area contributed by atoms with Crippen molar-refractivity contribution in [3.63, 3.8) is 0 Å². The van der Waals surface area contributed by atoms with Gasteiger partial charge >= 0.3 is 11.9 Å². The van der Waals surface area contributed by atoms with E-state index in [1.165, 1.54) is 24.3 Å². The molecule has 0 unspecified atom stereocenters. The average molecular weight is 619 g/mol. The van der Waals surface area contributed by atoms with Gasteiger partial charge in [-0.2, -0.15) is 0 Å². The summed E-state index contributed by atoms with van der Waals surface area (Å²) in [6.45, 7) is 2.09. The summed E-state index contributed by atoms with van der Waals surface area (Å²) in [5.74, 6) is -0.885. The van der Waals surface area contributed by atoms with Gasteiger partial charge in [-0.05, 0) is 71.5 Å². The normalized spacial score (nSPS) is 13.8.